The van der Waals surface area contributed by atoms with Gasteiger partial charge in [0, 0.05) is 5.92 Å². The summed E-state index contributed by atoms with van der Waals surface area (Å²) in [7, 11) is 0. The molecule has 0 spiro atoms. The molecule has 0 atom stereocenters. The molecule has 0 radical (unpaired) electrons. The summed E-state index contributed by atoms with van der Waals surface area (Å²) in [6, 6.07) is 0. The molecule has 1 heterocycles. The predicted molar refractivity (Wildman–Crippen MR) is 54.4 cm³/mol. The van der Waals surface area contributed by atoms with Crippen LogP contribution in [0.2, 0.25) is 0 Å². The molecule has 1 fully saturated rings. The summed E-state index contributed by atoms with van der Waals surface area (Å²) in [6.45, 7) is 0. The lowest BCUT2D eigenvalue weighted by Gasteiger charge is -2.18. The van der Waals surface area contributed by atoms with Crippen LogP contribution in [0, 0.1) is 0 Å². The summed E-state index contributed by atoms with van der Waals surface area (Å²) >= 11 is 3.40. The van der Waals surface area contributed by atoms with Crippen LogP contribution >= 0.6 is 15.9 Å². The lowest BCUT2D eigenvalue weighted by molar-refractivity contribution is 0.321. The monoisotopic (exact) mass is 244 g/mol. The van der Waals surface area contributed by atoms with E-state index < -0.39 is 0 Å². The second-order valence-electron chi connectivity index (χ2n) is 3.58. The number of anilines is 1. The molecule has 13 heavy (non-hydrogen) atoms. The topological polar surface area (TPSA) is 52.0 Å². The van der Waals surface area contributed by atoms with Crippen molar-refractivity contribution < 1.29 is 4.52 Å². The third-order valence-corrected chi connectivity index (χ3v) is 3.46. The second-order valence-corrected chi connectivity index (χ2v) is 4.37. The zero-order valence-corrected chi connectivity index (χ0v) is 9.01. The van der Waals surface area contributed by atoms with Gasteiger partial charge in [0.05, 0.1) is 0 Å². The highest BCUT2D eigenvalue weighted by Crippen LogP contribution is 2.38. The van der Waals surface area contributed by atoms with Crippen LogP contribution in [0.25, 0.3) is 0 Å². The Bertz CT molecular complexity index is 292. The number of aromatic nitrogens is 1. The van der Waals surface area contributed by atoms with Crippen LogP contribution in [0.5, 0.6) is 0 Å². The van der Waals surface area contributed by atoms with Gasteiger partial charge in [0.15, 0.2) is 11.6 Å². The van der Waals surface area contributed by atoms with E-state index >= 15 is 0 Å². The molecule has 1 aliphatic carbocycles. The number of rotatable bonds is 1. The lowest BCUT2D eigenvalue weighted by atomic mass is 9.87. The van der Waals surface area contributed by atoms with Gasteiger partial charge in [0.2, 0.25) is 0 Å². The Kier molecular flexibility index (Phi) is 2.58. The smallest absolute Gasteiger partial charge is 0.181 e. The van der Waals surface area contributed by atoms with Crippen molar-refractivity contribution in [1.29, 1.82) is 0 Å². The first kappa shape index (κ1) is 9.06. The number of nitrogens with two attached hydrogens (primary N) is 1. The van der Waals surface area contributed by atoms with E-state index in [2.05, 4.69) is 21.1 Å². The van der Waals surface area contributed by atoms with Crippen molar-refractivity contribution in [2.75, 3.05) is 5.73 Å². The number of nitrogens with zero attached hydrogens (tertiary/aromatic N) is 1. The molecule has 2 N–H and O–H groups in total. The fourth-order valence-electron chi connectivity index (χ4n) is 1.92. The summed E-state index contributed by atoms with van der Waals surface area (Å²) in [5.74, 6) is 1.94. The van der Waals surface area contributed by atoms with E-state index in [4.69, 9.17) is 10.3 Å². The van der Waals surface area contributed by atoms with E-state index in [0.29, 0.717) is 11.7 Å². The minimum atomic E-state index is 0.473. The van der Waals surface area contributed by atoms with Crippen LogP contribution in [0.15, 0.2) is 9.00 Å². The highest BCUT2D eigenvalue weighted by molar-refractivity contribution is 9.10. The van der Waals surface area contributed by atoms with E-state index in [1.165, 1.54) is 32.1 Å². The van der Waals surface area contributed by atoms with Gasteiger partial charge in [-0.15, -0.1) is 0 Å². The molecular weight excluding hydrogens is 232 g/mol. The molecule has 0 amide bonds. The van der Waals surface area contributed by atoms with E-state index in [-0.39, 0.29) is 0 Å². The van der Waals surface area contributed by atoms with Crippen molar-refractivity contribution >= 4 is 21.7 Å². The fourth-order valence-corrected chi connectivity index (χ4v) is 2.39. The van der Waals surface area contributed by atoms with Gasteiger partial charge >= 0.3 is 0 Å². The van der Waals surface area contributed by atoms with Crippen LogP contribution in [-0.4, -0.2) is 5.16 Å². The number of halogens is 1. The highest BCUT2D eigenvalue weighted by atomic mass is 79.9. The Labute approximate surface area is 85.8 Å². The van der Waals surface area contributed by atoms with Gasteiger partial charge < -0.3 is 10.3 Å². The summed E-state index contributed by atoms with van der Waals surface area (Å²) in [6.07, 6.45) is 6.33. The van der Waals surface area contributed by atoms with E-state index in [0.717, 1.165) is 10.2 Å². The first-order valence-electron chi connectivity index (χ1n) is 4.69. The van der Waals surface area contributed by atoms with Gasteiger partial charge in [-0.05, 0) is 28.8 Å². The Hall–Kier alpha value is -0.510. The molecule has 0 bridgehead atoms. The van der Waals surface area contributed by atoms with Crippen LogP contribution in [-0.2, 0) is 0 Å². The van der Waals surface area contributed by atoms with Gasteiger partial charge in [-0.1, -0.05) is 24.4 Å². The molecule has 0 aromatic carbocycles. The van der Waals surface area contributed by atoms with E-state index in [1.54, 1.807) is 0 Å². The second kappa shape index (κ2) is 3.70. The molecule has 4 heteroatoms. The standard InChI is InChI=1S/C9H13BrN2O/c10-7-8(13-12-9(7)11)6-4-2-1-3-5-6/h6H,1-5H2,(H2,11,12). The molecule has 72 valence electrons. The van der Waals surface area contributed by atoms with Crippen LogP contribution in [0.3, 0.4) is 0 Å². The molecule has 1 aliphatic rings. The lowest BCUT2D eigenvalue weighted by Crippen LogP contribution is -2.03. The minimum absolute atomic E-state index is 0.473. The van der Waals surface area contributed by atoms with Gasteiger partial charge in [0.25, 0.3) is 0 Å². The molecule has 1 aromatic heterocycles. The molecule has 0 saturated heterocycles. The third kappa shape index (κ3) is 1.73. The van der Waals surface area contributed by atoms with Gasteiger partial charge in [-0.25, -0.2) is 0 Å². The maximum atomic E-state index is 5.60. The van der Waals surface area contributed by atoms with Crippen molar-refractivity contribution in [1.82, 2.24) is 5.16 Å². The SMILES string of the molecule is Nc1noc(C2CCCCC2)c1Br. The predicted octanol–water partition coefficient (Wildman–Crippen LogP) is 3.07. The zero-order valence-electron chi connectivity index (χ0n) is 7.42. The normalized spacial score (nSPS) is 19.2. The molecule has 1 aromatic rings. The average molecular weight is 245 g/mol. The number of hydrogen-bond acceptors (Lipinski definition) is 3. The zero-order chi connectivity index (χ0) is 9.26. The number of nitrogen functional groups attached to an aromatic ring is 1. The maximum absolute atomic E-state index is 5.60. The number of hydrogen-bond donors (Lipinski definition) is 1. The Morgan fingerprint density at radius 1 is 1.31 bits per heavy atom. The summed E-state index contributed by atoms with van der Waals surface area (Å²) in [5.41, 5.74) is 5.60. The van der Waals surface area contributed by atoms with Crippen molar-refractivity contribution in [3.05, 3.63) is 10.2 Å². The summed E-state index contributed by atoms with van der Waals surface area (Å²) in [5, 5.41) is 3.75. The largest absolute Gasteiger partial charge is 0.380 e. The quantitative estimate of drug-likeness (QED) is 0.827. The van der Waals surface area contributed by atoms with Crippen LogP contribution in [0.4, 0.5) is 5.82 Å². The molecule has 2 rings (SSSR count). The first-order chi connectivity index (χ1) is 6.29. The van der Waals surface area contributed by atoms with Gasteiger partial charge in [-0.3, -0.25) is 0 Å². The highest BCUT2D eigenvalue weighted by Gasteiger charge is 2.23. The fraction of sp³-hybridized carbons (Fsp3) is 0.667. The van der Waals surface area contributed by atoms with Gasteiger partial charge in [-0.2, -0.15) is 0 Å². The third-order valence-electron chi connectivity index (χ3n) is 2.66. The molecule has 0 aliphatic heterocycles. The van der Waals surface area contributed by atoms with E-state index in [9.17, 15) is 0 Å². The Morgan fingerprint density at radius 2 is 2.00 bits per heavy atom. The Balaban J connectivity index is 2.18. The minimum Gasteiger partial charge on any atom is -0.380 e. The average Bonchev–Trinajstić information content (AvgIpc) is 2.49. The van der Waals surface area contributed by atoms with Crippen molar-refractivity contribution in [2.45, 2.75) is 38.0 Å². The summed E-state index contributed by atoms with van der Waals surface area (Å²) in [4.78, 5) is 0. The maximum Gasteiger partial charge on any atom is 0.181 e. The van der Waals surface area contributed by atoms with Crippen molar-refractivity contribution in [3.63, 3.8) is 0 Å². The molecule has 0 unspecified atom stereocenters. The van der Waals surface area contributed by atoms with Crippen molar-refractivity contribution in [3.8, 4) is 0 Å². The van der Waals surface area contributed by atoms with Crippen molar-refractivity contribution in [2.24, 2.45) is 0 Å². The Morgan fingerprint density at radius 3 is 2.54 bits per heavy atom. The van der Waals surface area contributed by atoms with E-state index in [1.807, 2.05) is 0 Å². The first-order valence-corrected chi connectivity index (χ1v) is 5.49. The molecule has 3 nitrogen and oxygen atoms in total. The summed E-state index contributed by atoms with van der Waals surface area (Å²) < 4.78 is 6.07. The van der Waals surface area contributed by atoms with Crippen LogP contribution in [0.1, 0.15) is 43.8 Å². The van der Waals surface area contributed by atoms with Gasteiger partial charge in [0.1, 0.15) is 4.47 Å². The molecule has 1 saturated carbocycles. The van der Waals surface area contributed by atoms with Crippen LogP contribution < -0.4 is 5.73 Å². The molecular formula is C9H13BrN2O.